The summed E-state index contributed by atoms with van der Waals surface area (Å²) in [4.78, 5) is 13.8. The average molecular weight is 259 g/mol. The lowest BCUT2D eigenvalue weighted by atomic mass is 9.93. The van der Waals surface area contributed by atoms with Gasteiger partial charge in [0.25, 0.3) is 0 Å². The van der Waals surface area contributed by atoms with Crippen LogP contribution >= 0.6 is 0 Å². The highest BCUT2D eigenvalue weighted by molar-refractivity contribution is 5.78. The van der Waals surface area contributed by atoms with Gasteiger partial charge in [-0.1, -0.05) is 49.4 Å². The molecule has 102 valence electrons. The minimum atomic E-state index is -0.884. The molecule has 0 saturated carbocycles. The summed E-state index contributed by atoms with van der Waals surface area (Å²) in [6.07, 6.45) is 5.89. The highest BCUT2D eigenvalue weighted by Crippen LogP contribution is 2.31. The molecule has 3 nitrogen and oxygen atoms in total. The Balaban J connectivity index is 1.99. The number of allylic oxidation sites excluding steroid dienone is 1. The number of likely N-dealkylation sites (tertiary alicyclic amines) is 1. The molecule has 3 heteroatoms. The second-order valence-corrected chi connectivity index (χ2v) is 5.05. The number of nitrogens with zero attached hydrogens (tertiary/aromatic N) is 1. The number of hydrogen-bond acceptors (Lipinski definition) is 2. The Hall–Kier alpha value is -1.61. The van der Waals surface area contributed by atoms with Crippen LogP contribution in [0.25, 0.3) is 0 Å². The van der Waals surface area contributed by atoms with E-state index >= 15 is 0 Å². The maximum atomic E-state index is 12.0. The molecule has 19 heavy (non-hydrogen) atoms. The first-order valence-electron chi connectivity index (χ1n) is 6.86. The van der Waals surface area contributed by atoms with E-state index in [1.165, 1.54) is 0 Å². The summed E-state index contributed by atoms with van der Waals surface area (Å²) < 4.78 is 0. The molecule has 1 fully saturated rings. The van der Waals surface area contributed by atoms with Gasteiger partial charge < -0.3 is 10.0 Å². The number of carbonyl (C=O) groups excluding carboxylic acids is 1. The minimum absolute atomic E-state index is 0.0940. The lowest BCUT2D eigenvalue weighted by molar-refractivity contribution is -0.130. The molecule has 0 radical (unpaired) electrons. The van der Waals surface area contributed by atoms with Gasteiger partial charge in [0, 0.05) is 13.0 Å². The second kappa shape index (κ2) is 6.02. The maximum Gasteiger partial charge on any atom is 0.226 e. The zero-order valence-corrected chi connectivity index (χ0v) is 11.4. The van der Waals surface area contributed by atoms with Crippen molar-refractivity contribution in [2.75, 3.05) is 13.1 Å². The third-order valence-electron chi connectivity index (χ3n) is 3.61. The molecule has 1 N–H and O–H groups in total. The van der Waals surface area contributed by atoms with E-state index in [2.05, 4.69) is 0 Å². The van der Waals surface area contributed by atoms with Gasteiger partial charge in [-0.15, -0.1) is 0 Å². The summed E-state index contributed by atoms with van der Waals surface area (Å²) in [5, 5.41) is 10.6. The smallest absolute Gasteiger partial charge is 0.226 e. The van der Waals surface area contributed by atoms with Crippen molar-refractivity contribution < 1.29 is 9.90 Å². The largest absolute Gasteiger partial charge is 0.383 e. The highest BCUT2D eigenvalue weighted by atomic mass is 16.3. The van der Waals surface area contributed by atoms with Crippen molar-refractivity contribution in [2.45, 2.75) is 31.8 Å². The molecule has 2 rings (SSSR count). The molecule has 0 unspecified atom stereocenters. The van der Waals surface area contributed by atoms with Gasteiger partial charge in [0.15, 0.2) is 0 Å². The maximum absolute atomic E-state index is 12.0. The molecule has 1 heterocycles. The summed E-state index contributed by atoms with van der Waals surface area (Å²) in [6.45, 7) is 3.07. The van der Waals surface area contributed by atoms with E-state index in [-0.39, 0.29) is 5.91 Å². The van der Waals surface area contributed by atoms with Gasteiger partial charge in [-0.05, 0) is 18.4 Å². The topological polar surface area (TPSA) is 40.5 Å². The van der Waals surface area contributed by atoms with Crippen LogP contribution < -0.4 is 0 Å². The highest BCUT2D eigenvalue weighted by Gasteiger charge is 2.38. The molecule has 0 bridgehead atoms. The van der Waals surface area contributed by atoms with Crippen molar-refractivity contribution in [1.82, 2.24) is 4.90 Å². The van der Waals surface area contributed by atoms with Crippen molar-refractivity contribution in [2.24, 2.45) is 0 Å². The van der Waals surface area contributed by atoms with Crippen LogP contribution in [-0.2, 0) is 10.4 Å². The van der Waals surface area contributed by atoms with Gasteiger partial charge in [0.1, 0.15) is 5.60 Å². The molecule has 1 amide bonds. The zero-order valence-electron chi connectivity index (χ0n) is 11.4. The standard InChI is InChI=1S/C16H21NO2/c1-2-3-5-10-15(18)17-12-11-16(19,13-17)14-8-6-4-7-9-14/h3-9,19H,2,10-13H2,1H3/b5-3+/t16-/m1/s1. The van der Waals surface area contributed by atoms with E-state index in [1.54, 1.807) is 4.90 Å². The van der Waals surface area contributed by atoms with Crippen molar-refractivity contribution in [1.29, 1.82) is 0 Å². The molecule has 1 aromatic carbocycles. The molecule has 0 aromatic heterocycles. The van der Waals surface area contributed by atoms with Gasteiger partial charge in [-0.2, -0.15) is 0 Å². The van der Waals surface area contributed by atoms with Crippen LogP contribution in [0.1, 0.15) is 31.7 Å². The van der Waals surface area contributed by atoms with E-state index < -0.39 is 5.60 Å². The van der Waals surface area contributed by atoms with Gasteiger partial charge in [-0.25, -0.2) is 0 Å². The third-order valence-corrected chi connectivity index (χ3v) is 3.61. The third kappa shape index (κ3) is 3.24. The van der Waals surface area contributed by atoms with Crippen LogP contribution in [0.15, 0.2) is 42.5 Å². The van der Waals surface area contributed by atoms with Gasteiger partial charge in [0.2, 0.25) is 5.91 Å². The number of hydrogen-bond donors (Lipinski definition) is 1. The number of aliphatic hydroxyl groups is 1. The molecule has 1 saturated heterocycles. The fraction of sp³-hybridized carbons (Fsp3) is 0.438. The first kappa shape index (κ1) is 13.8. The van der Waals surface area contributed by atoms with Gasteiger partial charge in [0.05, 0.1) is 6.54 Å². The van der Waals surface area contributed by atoms with Crippen LogP contribution in [0.2, 0.25) is 0 Å². The Bertz CT molecular complexity index is 455. The summed E-state index contributed by atoms with van der Waals surface area (Å²) in [6, 6.07) is 9.61. The first-order valence-corrected chi connectivity index (χ1v) is 6.86. The molecule has 1 atom stereocenters. The molecule has 1 aliphatic rings. The van der Waals surface area contributed by atoms with Crippen molar-refractivity contribution >= 4 is 5.91 Å². The Morgan fingerprint density at radius 3 is 2.79 bits per heavy atom. The number of rotatable bonds is 4. The van der Waals surface area contributed by atoms with Crippen molar-refractivity contribution in [3.05, 3.63) is 48.0 Å². The van der Waals surface area contributed by atoms with E-state index in [4.69, 9.17) is 0 Å². The molecule has 1 aromatic rings. The average Bonchev–Trinajstić information content (AvgIpc) is 2.84. The van der Waals surface area contributed by atoms with Crippen molar-refractivity contribution in [3.63, 3.8) is 0 Å². The normalized spacial score (nSPS) is 23.2. The predicted octanol–water partition coefficient (Wildman–Crippen LogP) is 2.46. The Labute approximate surface area is 114 Å². The summed E-state index contributed by atoms with van der Waals surface area (Å²) in [5.74, 6) is 0.0940. The van der Waals surface area contributed by atoms with Crippen LogP contribution in [0.3, 0.4) is 0 Å². The van der Waals surface area contributed by atoms with Crippen LogP contribution in [0.4, 0.5) is 0 Å². The zero-order chi connectivity index (χ0) is 13.7. The van der Waals surface area contributed by atoms with Gasteiger partial charge >= 0.3 is 0 Å². The molecule has 0 aliphatic carbocycles. The summed E-state index contributed by atoms with van der Waals surface area (Å²) >= 11 is 0. The van der Waals surface area contributed by atoms with Crippen LogP contribution in [-0.4, -0.2) is 29.0 Å². The monoisotopic (exact) mass is 259 g/mol. The predicted molar refractivity (Wildman–Crippen MR) is 75.6 cm³/mol. The van der Waals surface area contributed by atoms with Crippen LogP contribution in [0.5, 0.6) is 0 Å². The van der Waals surface area contributed by atoms with Crippen LogP contribution in [0, 0.1) is 0 Å². The number of carbonyl (C=O) groups is 1. The lowest BCUT2D eigenvalue weighted by Gasteiger charge is -2.23. The summed E-state index contributed by atoms with van der Waals surface area (Å²) in [7, 11) is 0. The number of benzene rings is 1. The molecule has 1 aliphatic heterocycles. The van der Waals surface area contributed by atoms with Crippen molar-refractivity contribution in [3.8, 4) is 0 Å². The first-order chi connectivity index (χ1) is 9.15. The Morgan fingerprint density at radius 1 is 1.37 bits per heavy atom. The fourth-order valence-electron chi connectivity index (χ4n) is 2.47. The molecular formula is C16H21NO2. The Kier molecular flexibility index (Phi) is 4.38. The second-order valence-electron chi connectivity index (χ2n) is 5.05. The SMILES string of the molecule is CC/C=C/CC(=O)N1CC[C@](O)(c2ccccc2)C1. The summed E-state index contributed by atoms with van der Waals surface area (Å²) in [5.41, 5.74) is 0.0141. The van der Waals surface area contributed by atoms with E-state index in [0.717, 1.165) is 12.0 Å². The lowest BCUT2D eigenvalue weighted by Crippen LogP contribution is -2.34. The van der Waals surface area contributed by atoms with E-state index in [0.29, 0.717) is 25.9 Å². The van der Waals surface area contributed by atoms with E-state index in [9.17, 15) is 9.90 Å². The number of amides is 1. The molecular weight excluding hydrogens is 238 g/mol. The van der Waals surface area contributed by atoms with Gasteiger partial charge in [-0.3, -0.25) is 4.79 Å². The number of β-amino-alcohol motifs (C(OH)–C–C–N with tert-alkyl or cyclic N) is 1. The molecule has 0 spiro atoms. The Morgan fingerprint density at radius 2 is 2.11 bits per heavy atom. The minimum Gasteiger partial charge on any atom is -0.383 e. The fourth-order valence-corrected chi connectivity index (χ4v) is 2.47. The quantitative estimate of drug-likeness (QED) is 0.844. The van der Waals surface area contributed by atoms with E-state index in [1.807, 2.05) is 49.4 Å².